The van der Waals surface area contributed by atoms with Crippen LogP contribution < -0.4 is 10.2 Å². The topological polar surface area (TPSA) is 90.0 Å². The maximum absolute atomic E-state index is 13.0. The molecule has 2 rings (SSSR count). The lowest BCUT2D eigenvalue weighted by Crippen LogP contribution is -2.52. The molecule has 1 heterocycles. The van der Waals surface area contributed by atoms with Gasteiger partial charge in [0.15, 0.2) is 0 Å². The van der Waals surface area contributed by atoms with E-state index in [2.05, 4.69) is 5.32 Å². The number of nitrogens with zero attached hydrogens (tertiary/aromatic N) is 3. The van der Waals surface area contributed by atoms with E-state index < -0.39 is 15.3 Å². The number of hydrogen-bond acceptors (Lipinski definition) is 5. The van der Waals surface area contributed by atoms with Crippen molar-refractivity contribution in [2.24, 2.45) is 0 Å². The van der Waals surface area contributed by atoms with E-state index in [9.17, 15) is 22.4 Å². The number of carbonyl (C=O) groups is 2. The fraction of sp³-hybridized carbons (Fsp3) is 0.467. The molecule has 1 N–H and O–H groups in total. The first kappa shape index (κ1) is 19.1. The van der Waals surface area contributed by atoms with Crippen LogP contribution >= 0.6 is 0 Å². The second kappa shape index (κ2) is 7.79. The third-order valence-corrected chi connectivity index (χ3v) is 5.50. The lowest BCUT2D eigenvalue weighted by atomic mass is 10.2. The Morgan fingerprint density at radius 1 is 1.12 bits per heavy atom. The van der Waals surface area contributed by atoms with Crippen LogP contribution in [0, 0.1) is 5.82 Å². The van der Waals surface area contributed by atoms with Crippen LogP contribution in [0.1, 0.15) is 0 Å². The molecule has 1 aliphatic rings. The molecular formula is C15H21FN4O4S. The van der Waals surface area contributed by atoms with Crippen molar-refractivity contribution >= 4 is 26.9 Å². The Balaban J connectivity index is 1.83. The summed E-state index contributed by atoms with van der Waals surface area (Å²) in [7, 11) is -1.59. The number of amides is 2. The summed E-state index contributed by atoms with van der Waals surface area (Å²) in [6, 6.07) is 6.12. The molecule has 0 aromatic heterocycles. The van der Waals surface area contributed by atoms with Crippen molar-refractivity contribution in [1.82, 2.24) is 14.5 Å². The van der Waals surface area contributed by atoms with Crippen LogP contribution in [-0.4, -0.2) is 75.6 Å². The van der Waals surface area contributed by atoms with Crippen molar-refractivity contribution in [3.05, 3.63) is 30.1 Å². The number of sulfonamides is 1. The van der Waals surface area contributed by atoms with Crippen molar-refractivity contribution in [3.8, 4) is 0 Å². The van der Waals surface area contributed by atoms with Gasteiger partial charge in [0.2, 0.25) is 5.91 Å². The van der Waals surface area contributed by atoms with Crippen molar-refractivity contribution < 1.29 is 22.4 Å². The van der Waals surface area contributed by atoms with Crippen LogP contribution in [0.25, 0.3) is 0 Å². The Bertz CT molecular complexity index is 728. The average molecular weight is 372 g/mol. The zero-order valence-corrected chi connectivity index (χ0v) is 14.9. The zero-order chi connectivity index (χ0) is 18.6. The van der Waals surface area contributed by atoms with Gasteiger partial charge in [-0.3, -0.25) is 9.59 Å². The molecule has 0 atom stereocenters. The van der Waals surface area contributed by atoms with Crippen molar-refractivity contribution in [2.45, 2.75) is 0 Å². The highest BCUT2D eigenvalue weighted by Crippen LogP contribution is 2.16. The van der Waals surface area contributed by atoms with Gasteiger partial charge in [0, 0.05) is 46.0 Å². The summed E-state index contributed by atoms with van der Waals surface area (Å²) in [4.78, 5) is 27.3. The standard InChI is InChI=1S/C15H21FN4O4S/c1-18(2)25(23,24)15(22)17-11-14(21)20-9-7-19(8-10-20)13-5-3-12(16)4-6-13/h3-6H,7-11H2,1-2H3,(H,17,22). The molecule has 1 saturated heterocycles. The lowest BCUT2D eigenvalue weighted by Gasteiger charge is -2.36. The van der Waals surface area contributed by atoms with E-state index >= 15 is 0 Å². The SMILES string of the molecule is CN(C)S(=O)(=O)C(=O)NCC(=O)N1CCN(c2ccc(F)cc2)CC1. The van der Waals surface area contributed by atoms with Gasteiger partial charge < -0.3 is 15.1 Å². The maximum Gasteiger partial charge on any atom is 0.352 e. The van der Waals surface area contributed by atoms with Crippen molar-refractivity contribution in [3.63, 3.8) is 0 Å². The molecule has 0 radical (unpaired) electrons. The summed E-state index contributed by atoms with van der Waals surface area (Å²) in [5.41, 5.74) is 0.874. The Morgan fingerprint density at radius 3 is 2.20 bits per heavy atom. The first-order valence-corrected chi connectivity index (χ1v) is 9.14. The highest BCUT2D eigenvalue weighted by Gasteiger charge is 2.27. The van der Waals surface area contributed by atoms with Crippen LogP contribution in [0.15, 0.2) is 24.3 Å². The van der Waals surface area contributed by atoms with Gasteiger partial charge in [0.1, 0.15) is 5.82 Å². The number of piperazine rings is 1. The number of hydrogen-bond donors (Lipinski definition) is 1. The van der Waals surface area contributed by atoms with E-state index in [0.29, 0.717) is 26.2 Å². The summed E-state index contributed by atoms with van der Waals surface area (Å²) < 4.78 is 36.9. The number of halogens is 1. The summed E-state index contributed by atoms with van der Waals surface area (Å²) in [5, 5.41) is 0.937. The van der Waals surface area contributed by atoms with Crippen LogP contribution in [-0.2, 0) is 14.8 Å². The van der Waals surface area contributed by atoms with Gasteiger partial charge in [-0.05, 0) is 24.3 Å². The van der Waals surface area contributed by atoms with Crippen LogP contribution in [0.5, 0.6) is 0 Å². The summed E-state index contributed by atoms with van der Waals surface area (Å²) in [5.74, 6) is -0.651. The van der Waals surface area contributed by atoms with Crippen molar-refractivity contribution in [2.75, 3.05) is 51.7 Å². The molecule has 1 fully saturated rings. The quantitative estimate of drug-likeness (QED) is 0.808. The molecule has 138 valence electrons. The van der Waals surface area contributed by atoms with Gasteiger partial charge in [-0.25, -0.2) is 12.8 Å². The molecule has 25 heavy (non-hydrogen) atoms. The Hall–Kier alpha value is -2.20. The van der Waals surface area contributed by atoms with E-state index in [1.54, 1.807) is 17.0 Å². The predicted molar refractivity (Wildman–Crippen MR) is 91.2 cm³/mol. The zero-order valence-electron chi connectivity index (χ0n) is 14.1. The van der Waals surface area contributed by atoms with Gasteiger partial charge in [-0.1, -0.05) is 0 Å². The molecule has 1 aromatic rings. The fourth-order valence-electron chi connectivity index (χ4n) is 2.38. The molecule has 1 aliphatic heterocycles. The molecular weight excluding hydrogens is 351 g/mol. The van der Waals surface area contributed by atoms with E-state index in [1.807, 2.05) is 4.90 Å². The molecule has 2 amide bonds. The largest absolute Gasteiger partial charge is 0.368 e. The Labute approximate surface area is 146 Å². The highest BCUT2D eigenvalue weighted by atomic mass is 32.2. The molecule has 10 heteroatoms. The number of benzene rings is 1. The minimum atomic E-state index is -4.08. The second-order valence-electron chi connectivity index (χ2n) is 5.77. The van der Waals surface area contributed by atoms with Crippen molar-refractivity contribution in [1.29, 1.82) is 0 Å². The van der Waals surface area contributed by atoms with Gasteiger partial charge in [0.25, 0.3) is 10.0 Å². The Morgan fingerprint density at radius 2 is 1.68 bits per heavy atom. The predicted octanol–water partition coefficient (Wildman–Crippen LogP) is 0.0753. The van der Waals surface area contributed by atoms with Crippen LogP contribution in [0.4, 0.5) is 14.9 Å². The average Bonchev–Trinajstić information content (AvgIpc) is 2.60. The van der Waals surface area contributed by atoms with Crippen LogP contribution in [0.3, 0.4) is 0 Å². The number of nitrogens with one attached hydrogen (secondary N) is 1. The summed E-state index contributed by atoms with van der Waals surface area (Å²) in [6.45, 7) is 1.64. The number of carbonyl (C=O) groups excluding carboxylic acids is 2. The monoisotopic (exact) mass is 372 g/mol. The first-order chi connectivity index (χ1) is 11.7. The second-order valence-corrected chi connectivity index (χ2v) is 7.82. The summed E-state index contributed by atoms with van der Waals surface area (Å²) in [6.07, 6.45) is 0. The number of rotatable bonds is 4. The molecule has 0 spiro atoms. The Kier molecular flexibility index (Phi) is 5.96. The third-order valence-electron chi connectivity index (χ3n) is 3.92. The molecule has 0 saturated carbocycles. The normalized spacial score (nSPS) is 15.4. The minimum absolute atomic E-state index is 0.305. The minimum Gasteiger partial charge on any atom is -0.368 e. The van der Waals surface area contributed by atoms with E-state index in [0.717, 1.165) is 9.99 Å². The fourth-order valence-corrected chi connectivity index (χ4v) is 2.97. The molecule has 0 unspecified atom stereocenters. The number of anilines is 1. The van der Waals surface area contributed by atoms with Gasteiger partial charge >= 0.3 is 5.24 Å². The molecule has 1 aromatic carbocycles. The van der Waals surface area contributed by atoms with Gasteiger partial charge in [0.05, 0.1) is 6.54 Å². The van der Waals surface area contributed by atoms with E-state index in [1.165, 1.54) is 26.2 Å². The van der Waals surface area contributed by atoms with E-state index in [4.69, 9.17) is 0 Å². The maximum atomic E-state index is 13.0. The van der Waals surface area contributed by atoms with Gasteiger partial charge in [-0.15, -0.1) is 0 Å². The smallest absolute Gasteiger partial charge is 0.352 e. The molecule has 8 nitrogen and oxygen atoms in total. The lowest BCUT2D eigenvalue weighted by molar-refractivity contribution is -0.130. The summed E-state index contributed by atoms with van der Waals surface area (Å²) >= 11 is 0. The first-order valence-electron chi connectivity index (χ1n) is 7.70. The van der Waals surface area contributed by atoms with Gasteiger partial charge in [-0.2, -0.15) is 4.31 Å². The molecule has 0 aliphatic carbocycles. The highest BCUT2D eigenvalue weighted by molar-refractivity contribution is 8.03. The van der Waals surface area contributed by atoms with E-state index in [-0.39, 0.29) is 18.3 Å². The third kappa shape index (κ3) is 4.67. The molecule has 0 bridgehead atoms. The van der Waals surface area contributed by atoms with Crippen LogP contribution in [0.2, 0.25) is 0 Å².